The zero-order valence-corrected chi connectivity index (χ0v) is 9.15. The smallest absolute Gasteiger partial charge is 0.142 e. The molecule has 0 aliphatic heterocycles. The van der Waals surface area contributed by atoms with Crippen molar-refractivity contribution in [2.75, 3.05) is 0 Å². The van der Waals surface area contributed by atoms with E-state index in [0.29, 0.717) is 21.7 Å². The van der Waals surface area contributed by atoms with Crippen LogP contribution in [0.3, 0.4) is 0 Å². The van der Waals surface area contributed by atoms with Gasteiger partial charge in [-0.15, -0.1) is 0 Å². The van der Waals surface area contributed by atoms with E-state index < -0.39 is 0 Å². The molecule has 0 spiro atoms. The van der Waals surface area contributed by atoms with Gasteiger partial charge < -0.3 is 10.2 Å². The van der Waals surface area contributed by atoms with Crippen LogP contribution in [0.25, 0.3) is 11.0 Å². The maximum atomic E-state index is 8.36. The molecule has 2 rings (SSSR count). The van der Waals surface area contributed by atoms with Crippen LogP contribution in [0, 0.1) is 0 Å². The SMILES string of the molecule is CC.O/N=C\c1c[nH]c2ncnc(Cl)c12. The normalized spacial score (nSPS) is 10.3. The third-order valence-electron chi connectivity index (χ3n) is 1.65. The summed E-state index contributed by atoms with van der Waals surface area (Å²) in [5, 5.41) is 12.3. The number of nitrogens with one attached hydrogen (secondary N) is 1. The zero-order valence-electron chi connectivity index (χ0n) is 8.40. The number of nitrogens with zero attached hydrogens (tertiary/aromatic N) is 3. The lowest BCUT2D eigenvalue weighted by Crippen LogP contribution is -1.83. The Morgan fingerprint density at radius 3 is 2.87 bits per heavy atom. The van der Waals surface area contributed by atoms with E-state index in [1.54, 1.807) is 6.20 Å². The molecule has 0 bridgehead atoms. The molecule has 2 heterocycles. The molecule has 0 fully saturated rings. The van der Waals surface area contributed by atoms with Crippen molar-refractivity contribution >= 4 is 28.8 Å². The molecule has 0 amide bonds. The third-order valence-corrected chi connectivity index (χ3v) is 1.94. The van der Waals surface area contributed by atoms with Crippen molar-refractivity contribution in [1.82, 2.24) is 15.0 Å². The number of fused-ring (bicyclic) bond motifs is 1. The second-order valence-corrected chi connectivity index (χ2v) is 2.73. The van der Waals surface area contributed by atoms with Crippen molar-refractivity contribution in [3.8, 4) is 0 Å². The lowest BCUT2D eigenvalue weighted by Gasteiger charge is -1.91. The molecule has 0 aliphatic carbocycles. The fourth-order valence-electron chi connectivity index (χ4n) is 1.11. The average molecular weight is 227 g/mol. The van der Waals surface area contributed by atoms with Crippen LogP contribution in [-0.4, -0.2) is 26.4 Å². The van der Waals surface area contributed by atoms with Gasteiger partial charge in [0.05, 0.1) is 11.6 Å². The summed E-state index contributed by atoms with van der Waals surface area (Å²) in [6.07, 6.45) is 4.28. The molecular formula is C9H11ClN4O. The monoisotopic (exact) mass is 226 g/mol. The molecule has 2 aromatic heterocycles. The van der Waals surface area contributed by atoms with Crippen molar-refractivity contribution in [1.29, 1.82) is 0 Å². The second-order valence-electron chi connectivity index (χ2n) is 2.38. The molecule has 0 aliphatic rings. The van der Waals surface area contributed by atoms with Crippen molar-refractivity contribution < 1.29 is 5.21 Å². The van der Waals surface area contributed by atoms with Crippen LogP contribution in [0.1, 0.15) is 19.4 Å². The van der Waals surface area contributed by atoms with Gasteiger partial charge in [0.25, 0.3) is 0 Å². The minimum Gasteiger partial charge on any atom is -0.411 e. The minimum atomic E-state index is 0.334. The van der Waals surface area contributed by atoms with Gasteiger partial charge in [-0.1, -0.05) is 30.6 Å². The van der Waals surface area contributed by atoms with E-state index >= 15 is 0 Å². The largest absolute Gasteiger partial charge is 0.411 e. The Kier molecular flexibility index (Phi) is 4.05. The molecule has 6 heteroatoms. The number of aromatic nitrogens is 3. The number of aromatic amines is 1. The van der Waals surface area contributed by atoms with E-state index in [-0.39, 0.29) is 0 Å². The first-order valence-corrected chi connectivity index (χ1v) is 4.85. The van der Waals surface area contributed by atoms with Crippen LogP contribution < -0.4 is 0 Å². The minimum absolute atomic E-state index is 0.334. The number of halogens is 1. The fourth-order valence-corrected chi connectivity index (χ4v) is 1.35. The summed E-state index contributed by atoms with van der Waals surface area (Å²) in [5.74, 6) is 0. The first kappa shape index (κ1) is 11.5. The van der Waals surface area contributed by atoms with E-state index in [2.05, 4.69) is 20.1 Å². The predicted octanol–water partition coefficient (Wildman–Crippen LogP) is 2.45. The second kappa shape index (κ2) is 5.31. The Bertz CT molecular complexity index is 466. The highest BCUT2D eigenvalue weighted by atomic mass is 35.5. The summed E-state index contributed by atoms with van der Waals surface area (Å²) in [6.45, 7) is 4.00. The molecule has 0 radical (unpaired) electrons. The van der Waals surface area contributed by atoms with Gasteiger partial charge in [-0.05, 0) is 0 Å². The topological polar surface area (TPSA) is 74.2 Å². The molecule has 0 aromatic carbocycles. The number of H-pyrrole nitrogens is 1. The molecule has 0 unspecified atom stereocenters. The van der Waals surface area contributed by atoms with Crippen LogP contribution in [0.4, 0.5) is 0 Å². The van der Waals surface area contributed by atoms with Crippen molar-refractivity contribution in [3.05, 3.63) is 23.2 Å². The lowest BCUT2D eigenvalue weighted by atomic mass is 10.3. The highest BCUT2D eigenvalue weighted by Gasteiger charge is 2.07. The van der Waals surface area contributed by atoms with Gasteiger partial charge in [-0.3, -0.25) is 0 Å². The first-order valence-electron chi connectivity index (χ1n) is 4.48. The highest BCUT2D eigenvalue weighted by Crippen LogP contribution is 2.21. The van der Waals surface area contributed by atoms with E-state index in [0.717, 1.165) is 0 Å². The summed E-state index contributed by atoms with van der Waals surface area (Å²) in [4.78, 5) is 10.6. The first-order chi connectivity index (χ1) is 7.33. The molecule has 2 N–H and O–H groups in total. The quantitative estimate of drug-likeness (QED) is 0.340. The Balaban J connectivity index is 0.000000531. The van der Waals surface area contributed by atoms with Gasteiger partial charge in [-0.2, -0.15) is 0 Å². The maximum Gasteiger partial charge on any atom is 0.142 e. The Hall–Kier alpha value is -1.62. The number of oxime groups is 1. The van der Waals surface area contributed by atoms with E-state index in [1.807, 2.05) is 13.8 Å². The number of hydrogen-bond donors (Lipinski definition) is 2. The van der Waals surface area contributed by atoms with Gasteiger partial charge in [0.15, 0.2) is 0 Å². The molecule has 0 saturated carbocycles. The van der Waals surface area contributed by atoms with E-state index in [4.69, 9.17) is 16.8 Å². The van der Waals surface area contributed by atoms with Gasteiger partial charge in [0.2, 0.25) is 0 Å². The summed E-state index contributed by atoms with van der Waals surface area (Å²) in [5.41, 5.74) is 1.28. The Morgan fingerprint density at radius 1 is 1.47 bits per heavy atom. The third kappa shape index (κ3) is 2.24. The fraction of sp³-hybridized carbons (Fsp3) is 0.222. The molecule has 0 saturated heterocycles. The van der Waals surface area contributed by atoms with Crippen LogP contribution in [0.15, 0.2) is 17.7 Å². The summed E-state index contributed by atoms with van der Waals surface area (Å²) >= 11 is 5.82. The van der Waals surface area contributed by atoms with Crippen molar-refractivity contribution in [2.45, 2.75) is 13.8 Å². The van der Waals surface area contributed by atoms with Gasteiger partial charge in [-0.25, -0.2) is 9.97 Å². The predicted molar refractivity (Wildman–Crippen MR) is 59.6 cm³/mol. The zero-order chi connectivity index (χ0) is 11.3. The summed E-state index contributed by atoms with van der Waals surface area (Å²) in [7, 11) is 0. The maximum absolute atomic E-state index is 8.36. The molecule has 5 nitrogen and oxygen atoms in total. The lowest BCUT2D eigenvalue weighted by molar-refractivity contribution is 0.322. The van der Waals surface area contributed by atoms with Crippen molar-refractivity contribution in [2.24, 2.45) is 5.16 Å². The van der Waals surface area contributed by atoms with E-state index in [9.17, 15) is 0 Å². The number of rotatable bonds is 1. The molecular weight excluding hydrogens is 216 g/mol. The summed E-state index contributed by atoms with van der Waals surface area (Å²) in [6, 6.07) is 0. The molecule has 0 atom stereocenters. The van der Waals surface area contributed by atoms with Crippen LogP contribution in [0.2, 0.25) is 5.15 Å². The van der Waals surface area contributed by atoms with Crippen LogP contribution in [0.5, 0.6) is 0 Å². The van der Waals surface area contributed by atoms with Gasteiger partial charge in [0.1, 0.15) is 17.1 Å². The molecule has 15 heavy (non-hydrogen) atoms. The molecule has 2 aromatic rings. The van der Waals surface area contributed by atoms with Crippen LogP contribution in [-0.2, 0) is 0 Å². The molecule has 80 valence electrons. The van der Waals surface area contributed by atoms with Gasteiger partial charge >= 0.3 is 0 Å². The van der Waals surface area contributed by atoms with Gasteiger partial charge in [0, 0.05) is 11.8 Å². The standard InChI is InChI=1S/C7H5ClN4O.C2H6/c8-6-5-4(2-12-13)1-9-7(5)11-3-10-6;1-2/h1-3,13H,(H,9,10,11);1-2H3/b12-2-;. The van der Waals surface area contributed by atoms with Crippen LogP contribution >= 0.6 is 11.6 Å². The Labute approximate surface area is 91.8 Å². The van der Waals surface area contributed by atoms with E-state index in [1.165, 1.54) is 12.5 Å². The average Bonchev–Trinajstić information content (AvgIpc) is 2.67. The van der Waals surface area contributed by atoms with Crippen molar-refractivity contribution in [3.63, 3.8) is 0 Å². The summed E-state index contributed by atoms with van der Waals surface area (Å²) < 4.78 is 0. The number of hydrogen-bond acceptors (Lipinski definition) is 4. The highest BCUT2D eigenvalue weighted by molar-refractivity contribution is 6.35. The Morgan fingerprint density at radius 2 is 2.20 bits per heavy atom.